The Hall–Kier alpha value is -2.61. The predicted molar refractivity (Wildman–Crippen MR) is 75.4 cm³/mol. The lowest BCUT2D eigenvalue weighted by atomic mass is 10.2. The van der Waals surface area contributed by atoms with Gasteiger partial charge in [-0.1, -0.05) is 0 Å². The number of anilines is 1. The fourth-order valence-electron chi connectivity index (χ4n) is 2.48. The van der Waals surface area contributed by atoms with Gasteiger partial charge in [0.25, 0.3) is 0 Å². The lowest BCUT2D eigenvalue weighted by Crippen LogP contribution is -2.15. The molecule has 1 aromatic heterocycles. The molecule has 2 heterocycles. The first-order valence-corrected chi connectivity index (χ1v) is 6.41. The van der Waals surface area contributed by atoms with Crippen molar-refractivity contribution < 1.29 is 9.47 Å². The molecule has 2 N–H and O–H groups in total. The lowest BCUT2D eigenvalue weighted by Gasteiger charge is -2.19. The molecule has 1 aromatic carbocycles. The van der Waals surface area contributed by atoms with E-state index in [4.69, 9.17) is 15.2 Å². The molecule has 0 aliphatic carbocycles. The fourth-order valence-corrected chi connectivity index (χ4v) is 2.48. The molecule has 2 aromatic rings. The normalized spacial score (nSPS) is 13.1. The first-order chi connectivity index (χ1) is 9.63. The van der Waals surface area contributed by atoms with Gasteiger partial charge in [-0.25, -0.2) is 0 Å². The number of hydrogen-bond acceptors (Lipinski definition) is 4. The van der Waals surface area contributed by atoms with Crippen molar-refractivity contribution in [2.24, 2.45) is 0 Å². The molecule has 0 radical (unpaired) electrons. The van der Waals surface area contributed by atoms with Gasteiger partial charge in [-0.05, 0) is 31.5 Å². The summed E-state index contributed by atoms with van der Waals surface area (Å²) in [5, 5.41) is 9.19. The second-order valence-corrected chi connectivity index (χ2v) is 4.75. The van der Waals surface area contributed by atoms with E-state index < -0.39 is 0 Å². The summed E-state index contributed by atoms with van der Waals surface area (Å²) < 4.78 is 13.0. The summed E-state index contributed by atoms with van der Waals surface area (Å²) in [7, 11) is 0. The molecule has 0 fully saturated rings. The van der Waals surface area contributed by atoms with Crippen LogP contribution in [0.15, 0.2) is 18.2 Å². The number of fused-ring (bicyclic) bond motifs is 1. The second-order valence-electron chi connectivity index (χ2n) is 4.75. The number of hydrogen-bond donors (Lipinski definition) is 1. The maximum atomic E-state index is 9.19. The molecule has 0 unspecified atom stereocenters. The van der Waals surface area contributed by atoms with Crippen LogP contribution in [0.1, 0.15) is 16.8 Å². The zero-order chi connectivity index (χ0) is 14.3. The maximum Gasteiger partial charge on any atom is 0.163 e. The number of nitriles is 1. The van der Waals surface area contributed by atoms with Crippen LogP contribution in [0.2, 0.25) is 0 Å². The molecular formula is C15H15N3O2. The molecular weight excluding hydrogens is 254 g/mol. The highest BCUT2D eigenvalue weighted by atomic mass is 16.6. The van der Waals surface area contributed by atoms with E-state index in [1.165, 1.54) is 0 Å². The van der Waals surface area contributed by atoms with Crippen molar-refractivity contribution in [3.8, 4) is 23.3 Å². The third-order valence-corrected chi connectivity index (χ3v) is 3.65. The van der Waals surface area contributed by atoms with E-state index in [2.05, 4.69) is 6.07 Å². The van der Waals surface area contributed by atoms with E-state index in [1.54, 1.807) is 0 Å². The summed E-state index contributed by atoms with van der Waals surface area (Å²) in [5.74, 6) is 1.90. The van der Waals surface area contributed by atoms with Gasteiger partial charge in [0.05, 0.1) is 11.3 Å². The molecule has 3 rings (SSSR count). The Bertz CT molecular complexity index is 726. The topological polar surface area (TPSA) is 73.2 Å². The van der Waals surface area contributed by atoms with Gasteiger partial charge in [0, 0.05) is 11.8 Å². The van der Waals surface area contributed by atoms with Crippen LogP contribution in [-0.4, -0.2) is 17.8 Å². The van der Waals surface area contributed by atoms with Gasteiger partial charge in [-0.3, -0.25) is 4.57 Å². The van der Waals surface area contributed by atoms with Crippen LogP contribution in [0.5, 0.6) is 11.5 Å². The summed E-state index contributed by atoms with van der Waals surface area (Å²) in [6, 6.07) is 7.82. The second kappa shape index (κ2) is 4.49. The third-order valence-electron chi connectivity index (χ3n) is 3.65. The van der Waals surface area contributed by atoms with Crippen LogP contribution in [0.25, 0.3) is 5.69 Å². The number of benzene rings is 1. The molecule has 102 valence electrons. The van der Waals surface area contributed by atoms with E-state index >= 15 is 0 Å². The summed E-state index contributed by atoms with van der Waals surface area (Å²) >= 11 is 0. The highest BCUT2D eigenvalue weighted by molar-refractivity contribution is 5.63. The molecule has 5 nitrogen and oxygen atoms in total. The summed E-state index contributed by atoms with van der Waals surface area (Å²) in [6.45, 7) is 4.95. The molecule has 0 spiro atoms. The number of nitrogens with zero attached hydrogens (tertiary/aromatic N) is 2. The Morgan fingerprint density at radius 3 is 2.55 bits per heavy atom. The van der Waals surface area contributed by atoms with Crippen LogP contribution in [0.3, 0.4) is 0 Å². The van der Waals surface area contributed by atoms with Crippen molar-refractivity contribution in [3.63, 3.8) is 0 Å². The van der Waals surface area contributed by atoms with Crippen molar-refractivity contribution in [2.75, 3.05) is 18.9 Å². The minimum atomic E-state index is 0.458. The predicted octanol–water partition coefficient (Wildman–Crippen LogP) is 2.32. The average molecular weight is 269 g/mol. The van der Waals surface area contributed by atoms with Gasteiger partial charge < -0.3 is 15.2 Å². The number of nitrogens with two attached hydrogens (primary N) is 1. The van der Waals surface area contributed by atoms with Crippen LogP contribution >= 0.6 is 0 Å². The van der Waals surface area contributed by atoms with Crippen LogP contribution in [0.4, 0.5) is 5.82 Å². The van der Waals surface area contributed by atoms with E-state index in [1.807, 2.05) is 36.6 Å². The van der Waals surface area contributed by atoms with Crippen molar-refractivity contribution in [2.45, 2.75) is 13.8 Å². The fraction of sp³-hybridized carbons (Fsp3) is 0.267. The van der Waals surface area contributed by atoms with Gasteiger partial charge in [0.1, 0.15) is 25.1 Å². The molecule has 0 bridgehead atoms. The van der Waals surface area contributed by atoms with Crippen molar-refractivity contribution in [1.82, 2.24) is 4.57 Å². The highest BCUT2D eigenvalue weighted by Gasteiger charge is 2.18. The Labute approximate surface area is 117 Å². The van der Waals surface area contributed by atoms with Gasteiger partial charge >= 0.3 is 0 Å². The zero-order valence-electron chi connectivity index (χ0n) is 11.4. The van der Waals surface area contributed by atoms with Gasteiger partial charge in [0.15, 0.2) is 11.5 Å². The van der Waals surface area contributed by atoms with Crippen LogP contribution in [-0.2, 0) is 0 Å². The molecule has 1 aliphatic rings. The third kappa shape index (κ3) is 1.69. The maximum absolute atomic E-state index is 9.19. The number of nitrogen functional groups attached to an aromatic ring is 1. The molecule has 0 saturated heterocycles. The summed E-state index contributed by atoms with van der Waals surface area (Å²) in [4.78, 5) is 0. The number of ether oxygens (including phenoxy) is 2. The van der Waals surface area contributed by atoms with E-state index in [-0.39, 0.29) is 0 Å². The standard InChI is InChI=1S/C15H15N3O2/c1-9-10(2)18(15(17)12(9)8-16)11-3-4-13-14(7-11)20-6-5-19-13/h3-4,7H,5-6,17H2,1-2H3. The Morgan fingerprint density at radius 2 is 1.90 bits per heavy atom. The minimum absolute atomic E-state index is 0.458. The number of aromatic nitrogens is 1. The average Bonchev–Trinajstić information content (AvgIpc) is 2.68. The minimum Gasteiger partial charge on any atom is -0.486 e. The van der Waals surface area contributed by atoms with Crippen molar-refractivity contribution in [3.05, 3.63) is 35.0 Å². The monoisotopic (exact) mass is 269 g/mol. The van der Waals surface area contributed by atoms with Gasteiger partial charge in [0.2, 0.25) is 0 Å². The Morgan fingerprint density at radius 1 is 1.20 bits per heavy atom. The van der Waals surface area contributed by atoms with E-state index in [0.29, 0.717) is 30.3 Å². The largest absolute Gasteiger partial charge is 0.486 e. The van der Waals surface area contributed by atoms with E-state index in [9.17, 15) is 5.26 Å². The molecule has 0 saturated carbocycles. The highest BCUT2D eigenvalue weighted by Crippen LogP contribution is 2.35. The Kier molecular flexibility index (Phi) is 2.79. The molecule has 5 heteroatoms. The zero-order valence-corrected chi connectivity index (χ0v) is 11.4. The smallest absolute Gasteiger partial charge is 0.163 e. The van der Waals surface area contributed by atoms with E-state index in [0.717, 1.165) is 22.7 Å². The number of rotatable bonds is 1. The summed E-state index contributed by atoms with van der Waals surface area (Å²) in [5.41, 5.74) is 9.34. The van der Waals surface area contributed by atoms with Crippen LogP contribution in [0, 0.1) is 25.2 Å². The van der Waals surface area contributed by atoms with Crippen molar-refractivity contribution in [1.29, 1.82) is 5.26 Å². The van der Waals surface area contributed by atoms with Crippen molar-refractivity contribution >= 4 is 5.82 Å². The SMILES string of the molecule is Cc1c(C#N)c(N)n(-c2ccc3c(c2)OCCO3)c1C. The molecule has 20 heavy (non-hydrogen) atoms. The first-order valence-electron chi connectivity index (χ1n) is 6.41. The molecule has 0 amide bonds. The first kappa shape index (κ1) is 12.4. The van der Waals surface area contributed by atoms with Crippen LogP contribution < -0.4 is 15.2 Å². The Balaban J connectivity index is 2.17. The quantitative estimate of drug-likeness (QED) is 0.862. The summed E-state index contributed by atoms with van der Waals surface area (Å²) in [6.07, 6.45) is 0. The molecule has 1 aliphatic heterocycles. The van der Waals surface area contributed by atoms with Gasteiger partial charge in [-0.2, -0.15) is 5.26 Å². The molecule has 0 atom stereocenters. The lowest BCUT2D eigenvalue weighted by molar-refractivity contribution is 0.171. The van der Waals surface area contributed by atoms with Gasteiger partial charge in [-0.15, -0.1) is 0 Å².